The number of carbonyl (C=O) groups is 2. The molecule has 1 fully saturated rings. The van der Waals surface area contributed by atoms with E-state index in [9.17, 15) is 9.59 Å². The second-order valence-corrected chi connectivity index (χ2v) is 8.49. The number of amides is 3. The van der Waals surface area contributed by atoms with Crippen LogP contribution < -0.4 is 10.6 Å². The van der Waals surface area contributed by atoms with Gasteiger partial charge in [0.15, 0.2) is 0 Å². The number of thiazole rings is 1. The third kappa shape index (κ3) is 4.40. The summed E-state index contributed by atoms with van der Waals surface area (Å²) in [7, 11) is 0. The Balaban J connectivity index is 1.34. The lowest BCUT2D eigenvalue weighted by Gasteiger charge is -2.16. The van der Waals surface area contributed by atoms with Gasteiger partial charge < -0.3 is 15.5 Å². The number of anilines is 1. The Morgan fingerprint density at radius 1 is 1.14 bits per heavy atom. The van der Waals surface area contributed by atoms with Crippen LogP contribution in [0, 0.1) is 0 Å². The molecule has 0 bridgehead atoms. The minimum atomic E-state index is -0.146. The summed E-state index contributed by atoms with van der Waals surface area (Å²) in [4.78, 5) is 32.4. The van der Waals surface area contributed by atoms with E-state index < -0.39 is 0 Å². The van der Waals surface area contributed by atoms with E-state index >= 15 is 0 Å². The van der Waals surface area contributed by atoms with Gasteiger partial charge in [-0.25, -0.2) is 9.78 Å². The lowest BCUT2D eigenvalue weighted by atomic mass is 10.2. The molecule has 3 heterocycles. The number of rotatable bonds is 5. The molecule has 0 unspecified atom stereocenters. The largest absolute Gasteiger partial charge is 0.347 e. The number of nitrogens with zero attached hydrogens (tertiary/aromatic N) is 2. The van der Waals surface area contributed by atoms with Crippen LogP contribution in [0.1, 0.15) is 28.1 Å². The van der Waals surface area contributed by atoms with Gasteiger partial charge in [-0.1, -0.05) is 18.2 Å². The summed E-state index contributed by atoms with van der Waals surface area (Å²) in [5.41, 5.74) is 1.66. The van der Waals surface area contributed by atoms with E-state index in [1.54, 1.807) is 17.5 Å². The van der Waals surface area contributed by atoms with Crippen LogP contribution in [-0.2, 0) is 6.54 Å². The maximum atomic E-state index is 12.4. The van der Waals surface area contributed by atoms with Crippen molar-refractivity contribution in [3.8, 4) is 9.88 Å². The normalized spacial score (nSPS) is 13.5. The Morgan fingerprint density at radius 2 is 2.00 bits per heavy atom. The van der Waals surface area contributed by atoms with E-state index in [-0.39, 0.29) is 11.9 Å². The molecule has 0 saturated carbocycles. The quantitative estimate of drug-likeness (QED) is 0.651. The molecule has 0 aliphatic carbocycles. The highest BCUT2D eigenvalue weighted by atomic mass is 32.1. The molecule has 1 saturated heterocycles. The van der Waals surface area contributed by atoms with Gasteiger partial charge in [-0.15, -0.1) is 22.7 Å². The van der Waals surface area contributed by atoms with E-state index in [4.69, 9.17) is 0 Å². The van der Waals surface area contributed by atoms with Crippen molar-refractivity contribution in [2.45, 2.75) is 19.4 Å². The van der Waals surface area contributed by atoms with Crippen molar-refractivity contribution in [3.05, 3.63) is 58.4 Å². The van der Waals surface area contributed by atoms with Crippen molar-refractivity contribution in [2.75, 3.05) is 18.4 Å². The zero-order valence-corrected chi connectivity index (χ0v) is 16.8. The highest BCUT2D eigenvalue weighted by Gasteiger charge is 2.18. The average molecular weight is 413 g/mol. The lowest BCUT2D eigenvalue weighted by Crippen LogP contribution is -2.32. The monoisotopic (exact) mass is 412 g/mol. The standard InChI is InChI=1S/C20H20N4O2S2/c25-18(17-13-22-19(28-17)16-7-4-10-27-16)21-12-14-5-3-6-15(11-14)23-20(26)24-8-1-2-9-24/h3-7,10-11,13H,1-2,8-9,12H2,(H,21,25)(H,23,26). The first-order chi connectivity index (χ1) is 13.7. The van der Waals surface area contributed by atoms with Crippen molar-refractivity contribution in [3.63, 3.8) is 0 Å². The van der Waals surface area contributed by atoms with Crippen molar-refractivity contribution in [2.24, 2.45) is 0 Å². The molecular formula is C20H20N4O2S2. The maximum absolute atomic E-state index is 12.4. The molecule has 1 aliphatic rings. The van der Waals surface area contributed by atoms with E-state index in [0.717, 1.165) is 47.1 Å². The maximum Gasteiger partial charge on any atom is 0.321 e. The van der Waals surface area contributed by atoms with Crippen LogP contribution >= 0.6 is 22.7 Å². The number of benzene rings is 1. The molecule has 8 heteroatoms. The summed E-state index contributed by atoms with van der Waals surface area (Å²) in [5, 5.41) is 8.70. The van der Waals surface area contributed by atoms with E-state index in [1.165, 1.54) is 11.3 Å². The fourth-order valence-corrected chi connectivity index (χ4v) is 4.68. The molecule has 3 amide bonds. The lowest BCUT2D eigenvalue weighted by molar-refractivity contribution is 0.0954. The van der Waals surface area contributed by atoms with Crippen molar-refractivity contribution >= 4 is 40.3 Å². The summed E-state index contributed by atoms with van der Waals surface area (Å²) in [5.74, 6) is -0.146. The van der Waals surface area contributed by atoms with Crippen LogP contribution in [0.25, 0.3) is 9.88 Å². The predicted molar refractivity (Wildman–Crippen MR) is 113 cm³/mol. The van der Waals surface area contributed by atoms with Crippen LogP contribution in [0.5, 0.6) is 0 Å². The highest BCUT2D eigenvalue weighted by Crippen LogP contribution is 2.28. The molecule has 0 radical (unpaired) electrons. The van der Waals surface area contributed by atoms with Gasteiger partial charge in [0.25, 0.3) is 5.91 Å². The third-order valence-corrected chi connectivity index (χ3v) is 6.52. The first-order valence-corrected chi connectivity index (χ1v) is 10.8. The molecule has 0 spiro atoms. The zero-order valence-electron chi connectivity index (χ0n) is 15.2. The summed E-state index contributed by atoms with van der Waals surface area (Å²) in [6.07, 6.45) is 3.73. The fraction of sp³-hybridized carbons (Fsp3) is 0.250. The van der Waals surface area contributed by atoms with Crippen molar-refractivity contribution in [1.82, 2.24) is 15.2 Å². The first-order valence-electron chi connectivity index (χ1n) is 9.12. The Labute approximate surface area is 171 Å². The minimum absolute atomic E-state index is 0.0653. The molecule has 1 aliphatic heterocycles. The average Bonchev–Trinajstić information content (AvgIpc) is 3.48. The Morgan fingerprint density at radius 3 is 2.79 bits per heavy atom. The molecular weight excluding hydrogens is 392 g/mol. The zero-order chi connectivity index (χ0) is 19.3. The van der Waals surface area contributed by atoms with Crippen LogP contribution in [-0.4, -0.2) is 34.9 Å². The molecule has 1 aromatic carbocycles. The van der Waals surface area contributed by atoms with Gasteiger partial charge in [-0.05, 0) is 42.0 Å². The Bertz CT molecular complexity index is 962. The fourth-order valence-electron chi connectivity index (χ4n) is 3.04. The molecule has 2 aromatic heterocycles. The number of carbonyl (C=O) groups excluding carboxylic acids is 2. The first kappa shape index (κ1) is 18.6. The van der Waals surface area contributed by atoms with E-state index in [2.05, 4.69) is 15.6 Å². The number of aromatic nitrogens is 1. The van der Waals surface area contributed by atoms with Gasteiger partial charge in [-0.2, -0.15) is 0 Å². The number of likely N-dealkylation sites (tertiary alicyclic amines) is 1. The topological polar surface area (TPSA) is 74.3 Å². The van der Waals surface area contributed by atoms with Crippen LogP contribution in [0.4, 0.5) is 10.5 Å². The number of thiophene rings is 1. The van der Waals surface area contributed by atoms with Gasteiger partial charge in [0.05, 0.1) is 11.1 Å². The number of urea groups is 1. The third-order valence-electron chi connectivity index (χ3n) is 4.49. The molecule has 0 atom stereocenters. The Hall–Kier alpha value is -2.71. The second kappa shape index (κ2) is 8.53. The molecule has 6 nitrogen and oxygen atoms in total. The molecule has 3 aromatic rings. The van der Waals surface area contributed by atoms with Gasteiger partial charge in [0.1, 0.15) is 9.88 Å². The number of nitrogens with one attached hydrogen (secondary N) is 2. The molecule has 28 heavy (non-hydrogen) atoms. The predicted octanol–water partition coefficient (Wildman–Crippen LogP) is 4.43. The van der Waals surface area contributed by atoms with Gasteiger partial charge in [-0.3, -0.25) is 4.79 Å². The van der Waals surface area contributed by atoms with Gasteiger partial charge in [0.2, 0.25) is 0 Å². The van der Waals surface area contributed by atoms with Crippen molar-refractivity contribution in [1.29, 1.82) is 0 Å². The molecule has 2 N–H and O–H groups in total. The van der Waals surface area contributed by atoms with Crippen molar-refractivity contribution < 1.29 is 9.59 Å². The highest BCUT2D eigenvalue weighted by molar-refractivity contribution is 7.21. The summed E-state index contributed by atoms with van der Waals surface area (Å²) in [6, 6.07) is 11.4. The Kier molecular flexibility index (Phi) is 5.68. The van der Waals surface area contributed by atoms with Crippen LogP contribution in [0.3, 0.4) is 0 Å². The summed E-state index contributed by atoms with van der Waals surface area (Å²) < 4.78 is 0. The number of hydrogen-bond donors (Lipinski definition) is 2. The molecule has 144 valence electrons. The van der Waals surface area contributed by atoms with Gasteiger partial charge >= 0.3 is 6.03 Å². The van der Waals surface area contributed by atoms with Gasteiger partial charge in [0, 0.05) is 25.3 Å². The second-order valence-electron chi connectivity index (χ2n) is 6.51. The SMILES string of the molecule is O=C(NCc1cccc(NC(=O)N2CCCC2)c1)c1cnc(-c2cccs2)s1. The smallest absolute Gasteiger partial charge is 0.321 e. The summed E-state index contributed by atoms with van der Waals surface area (Å²) in [6.45, 7) is 2.01. The van der Waals surface area contributed by atoms with Crippen LogP contribution in [0.2, 0.25) is 0 Å². The number of hydrogen-bond acceptors (Lipinski definition) is 5. The minimum Gasteiger partial charge on any atom is -0.347 e. The summed E-state index contributed by atoms with van der Waals surface area (Å²) >= 11 is 2.99. The van der Waals surface area contributed by atoms with E-state index in [1.807, 2.05) is 46.7 Å². The van der Waals surface area contributed by atoms with E-state index in [0.29, 0.717) is 11.4 Å². The molecule has 4 rings (SSSR count). The van der Waals surface area contributed by atoms with Crippen LogP contribution in [0.15, 0.2) is 48.0 Å².